The van der Waals surface area contributed by atoms with Gasteiger partial charge in [-0.05, 0) is 37.3 Å². The van der Waals surface area contributed by atoms with Crippen LogP contribution >= 0.6 is 11.3 Å². The molecule has 0 radical (unpaired) electrons. The van der Waals surface area contributed by atoms with Crippen molar-refractivity contribution in [3.8, 4) is 10.6 Å². The summed E-state index contributed by atoms with van der Waals surface area (Å²) < 4.78 is 1.07. The number of benzene rings is 3. The van der Waals surface area contributed by atoms with Crippen LogP contribution in [0.2, 0.25) is 0 Å². The molecule has 1 N–H and O–H groups in total. The van der Waals surface area contributed by atoms with E-state index in [1.807, 2.05) is 73.7 Å². The van der Waals surface area contributed by atoms with Gasteiger partial charge >= 0.3 is 0 Å². The average molecular weight is 416 g/mol. The highest BCUT2D eigenvalue weighted by Crippen LogP contribution is 2.32. The number of aryl methyl sites for hydroxylation is 1. The van der Waals surface area contributed by atoms with Crippen molar-refractivity contribution >= 4 is 39.1 Å². The van der Waals surface area contributed by atoms with E-state index in [1.165, 1.54) is 4.90 Å². The molecule has 4 aromatic rings. The number of carbonyl (C=O) groups is 2. The van der Waals surface area contributed by atoms with E-state index in [0.29, 0.717) is 11.3 Å². The number of nitrogens with one attached hydrogen (secondary N) is 1. The minimum atomic E-state index is -0.243. The molecule has 5 nitrogen and oxygen atoms in total. The Balaban J connectivity index is 1.53. The third-order valence-corrected chi connectivity index (χ3v) is 5.81. The molecule has 0 atom stereocenters. The Labute approximate surface area is 179 Å². The predicted octanol–water partition coefficient (Wildman–Crippen LogP) is 4.98. The molecule has 150 valence electrons. The zero-order valence-corrected chi connectivity index (χ0v) is 17.6. The summed E-state index contributed by atoms with van der Waals surface area (Å²) in [4.78, 5) is 31.6. The number of rotatable bonds is 5. The van der Waals surface area contributed by atoms with Crippen LogP contribution in [0.3, 0.4) is 0 Å². The summed E-state index contributed by atoms with van der Waals surface area (Å²) in [7, 11) is 1.63. The number of fused-ring (bicyclic) bond motifs is 1. The van der Waals surface area contributed by atoms with Crippen molar-refractivity contribution in [1.82, 2.24) is 9.88 Å². The topological polar surface area (TPSA) is 62.3 Å². The lowest BCUT2D eigenvalue weighted by atomic mass is 10.1. The first-order valence-corrected chi connectivity index (χ1v) is 10.4. The van der Waals surface area contributed by atoms with Crippen molar-refractivity contribution in [3.63, 3.8) is 0 Å². The van der Waals surface area contributed by atoms with E-state index in [1.54, 1.807) is 24.5 Å². The molecule has 0 unspecified atom stereocenters. The van der Waals surface area contributed by atoms with Gasteiger partial charge in [-0.25, -0.2) is 4.98 Å². The van der Waals surface area contributed by atoms with Crippen LogP contribution in [0.15, 0.2) is 72.8 Å². The van der Waals surface area contributed by atoms with Crippen molar-refractivity contribution in [2.45, 2.75) is 6.92 Å². The number of anilines is 1. The first kappa shape index (κ1) is 19.8. The molecule has 0 spiro atoms. The molecule has 1 heterocycles. The Bertz CT molecular complexity index is 1180. The minimum Gasteiger partial charge on any atom is -0.332 e. The summed E-state index contributed by atoms with van der Waals surface area (Å²) in [5, 5.41) is 3.62. The smallest absolute Gasteiger partial charge is 0.254 e. The predicted molar refractivity (Wildman–Crippen MR) is 122 cm³/mol. The highest BCUT2D eigenvalue weighted by molar-refractivity contribution is 7.21. The maximum Gasteiger partial charge on any atom is 0.254 e. The van der Waals surface area contributed by atoms with Gasteiger partial charge in [-0.2, -0.15) is 0 Å². The second kappa shape index (κ2) is 8.47. The summed E-state index contributed by atoms with van der Waals surface area (Å²) in [6.45, 7) is 1.95. The molecule has 4 rings (SSSR count). The number of likely N-dealkylation sites (N-methyl/N-ethyl adjacent to an activating group) is 1. The lowest BCUT2D eigenvalue weighted by Gasteiger charge is -2.18. The summed E-state index contributed by atoms with van der Waals surface area (Å²) in [6, 6.07) is 22.8. The lowest BCUT2D eigenvalue weighted by Crippen LogP contribution is -2.35. The highest BCUT2D eigenvalue weighted by Gasteiger charge is 2.20. The quantitative estimate of drug-likeness (QED) is 0.500. The fourth-order valence-corrected chi connectivity index (χ4v) is 4.18. The molecule has 0 bridgehead atoms. The highest BCUT2D eigenvalue weighted by atomic mass is 32.1. The van der Waals surface area contributed by atoms with E-state index in [-0.39, 0.29) is 18.4 Å². The van der Waals surface area contributed by atoms with Crippen LogP contribution in [-0.2, 0) is 4.79 Å². The Morgan fingerprint density at radius 3 is 2.43 bits per heavy atom. The SMILES string of the molecule is Cc1ccc(NC(=O)CN(C)C(=O)c2ccccc2-c2nc3ccccc3s2)cc1. The minimum absolute atomic E-state index is 0.0408. The fraction of sp³-hybridized carbons (Fsp3) is 0.125. The van der Waals surface area contributed by atoms with Crippen LogP contribution in [0.5, 0.6) is 0 Å². The molecule has 0 fully saturated rings. The summed E-state index contributed by atoms with van der Waals surface area (Å²) in [6.07, 6.45) is 0. The van der Waals surface area contributed by atoms with Gasteiger partial charge in [0.25, 0.3) is 5.91 Å². The monoisotopic (exact) mass is 415 g/mol. The van der Waals surface area contributed by atoms with Crippen LogP contribution < -0.4 is 5.32 Å². The molecule has 2 amide bonds. The van der Waals surface area contributed by atoms with E-state index in [0.717, 1.165) is 26.4 Å². The van der Waals surface area contributed by atoms with Gasteiger partial charge in [0.05, 0.1) is 16.8 Å². The summed E-state index contributed by atoms with van der Waals surface area (Å²) in [5.74, 6) is -0.462. The van der Waals surface area contributed by atoms with Gasteiger partial charge in [0.15, 0.2) is 0 Å². The van der Waals surface area contributed by atoms with Crippen molar-refractivity contribution in [3.05, 3.63) is 83.9 Å². The van der Waals surface area contributed by atoms with Gasteiger partial charge in [0, 0.05) is 23.9 Å². The Morgan fingerprint density at radius 1 is 0.967 bits per heavy atom. The van der Waals surface area contributed by atoms with Crippen molar-refractivity contribution in [2.24, 2.45) is 0 Å². The number of aromatic nitrogens is 1. The average Bonchev–Trinajstić information content (AvgIpc) is 3.19. The fourth-order valence-electron chi connectivity index (χ4n) is 3.17. The zero-order valence-electron chi connectivity index (χ0n) is 16.8. The third kappa shape index (κ3) is 4.23. The first-order chi connectivity index (χ1) is 14.5. The van der Waals surface area contributed by atoms with Crippen LogP contribution in [0.1, 0.15) is 15.9 Å². The second-order valence-corrected chi connectivity index (χ2v) is 8.14. The van der Waals surface area contributed by atoms with Gasteiger partial charge in [-0.3, -0.25) is 9.59 Å². The number of hydrogen-bond acceptors (Lipinski definition) is 4. The maximum atomic E-state index is 13.1. The van der Waals surface area contributed by atoms with Gasteiger partial charge in [-0.1, -0.05) is 48.0 Å². The van der Waals surface area contributed by atoms with Gasteiger partial charge in [0.2, 0.25) is 5.91 Å². The molecular formula is C24H21N3O2S. The van der Waals surface area contributed by atoms with E-state index in [9.17, 15) is 9.59 Å². The van der Waals surface area contributed by atoms with E-state index < -0.39 is 0 Å². The molecule has 0 aliphatic heterocycles. The van der Waals surface area contributed by atoms with Crippen LogP contribution in [-0.4, -0.2) is 35.3 Å². The molecule has 3 aromatic carbocycles. The van der Waals surface area contributed by atoms with Crippen LogP contribution in [0.25, 0.3) is 20.8 Å². The molecule has 30 heavy (non-hydrogen) atoms. The Hall–Kier alpha value is -3.51. The van der Waals surface area contributed by atoms with E-state index >= 15 is 0 Å². The van der Waals surface area contributed by atoms with Crippen LogP contribution in [0, 0.1) is 6.92 Å². The second-order valence-electron chi connectivity index (χ2n) is 7.11. The van der Waals surface area contributed by atoms with Gasteiger partial charge < -0.3 is 10.2 Å². The van der Waals surface area contributed by atoms with E-state index in [4.69, 9.17) is 0 Å². The number of hydrogen-bond donors (Lipinski definition) is 1. The number of para-hydroxylation sites is 1. The van der Waals surface area contributed by atoms with Crippen LogP contribution in [0.4, 0.5) is 5.69 Å². The number of amides is 2. The van der Waals surface area contributed by atoms with Crippen molar-refractivity contribution in [1.29, 1.82) is 0 Å². The summed E-state index contributed by atoms with van der Waals surface area (Å²) in [5.41, 5.74) is 4.04. The maximum absolute atomic E-state index is 13.1. The molecule has 0 saturated carbocycles. The van der Waals surface area contributed by atoms with E-state index in [2.05, 4.69) is 10.3 Å². The van der Waals surface area contributed by atoms with Gasteiger partial charge in [0.1, 0.15) is 5.01 Å². The van der Waals surface area contributed by atoms with Gasteiger partial charge in [-0.15, -0.1) is 11.3 Å². The number of carbonyl (C=O) groups excluding carboxylic acids is 2. The Morgan fingerprint density at radius 2 is 1.67 bits per heavy atom. The largest absolute Gasteiger partial charge is 0.332 e. The molecule has 1 aromatic heterocycles. The molecule has 6 heteroatoms. The molecule has 0 aliphatic rings. The molecular weight excluding hydrogens is 394 g/mol. The number of thiazole rings is 1. The number of nitrogens with zero attached hydrogens (tertiary/aromatic N) is 2. The molecule has 0 saturated heterocycles. The lowest BCUT2D eigenvalue weighted by molar-refractivity contribution is -0.116. The zero-order chi connectivity index (χ0) is 21.1. The first-order valence-electron chi connectivity index (χ1n) is 9.58. The molecule has 0 aliphatic carbocycles. The Kier molecular flexibility index (Phi) is 5.59. The van der Waals surface area contributed by atoms with Crippen molar-refractivity contribution < 1.29 is 9.59 Å². The normalized spacial score (nSPS) is 10.7. The third-order valence-electron chi connectivity index (χ3n) is 4.74. The van der Waals surface area contributed by atoms with Crippen molar-refractivity contribution in [2.75, 3.05) is 18.9 Å². The summed E-state index contributed by atoms with van der Waals surface area (Å²) >= 11 is 1.55. The standard InChI is InChI=1S/C24H21N3O2S/c1-16-11-13-17(14-12-16)25-22(28)15-27(2)24(29)19-8-4-3-7-18(19)23-26-20-9-5-6-10-21(20)30-23/h3-14H,15H2,1-2H3,(H,25,28).